The van der Waals surface area contributed by atoms with Crippen LogP contribution in [0.25, 0.3) is 11.3 Å². The lowest BCUT2D eigenvalue weighted by Gasteiger charge is -1.98. The number of rotatable bonds is 2. The van der Waals surface area contributed by atoms with Crippen molar-refractivity contribution in [1.29, 1.82) is 0 Å². The Hall–Kier alpha value is -1.48. The molecule has 0 unspecified atom stereocenters. The zero-order chi connectivity index (χ0) is 9.97. The largest absolute Gasteiger partial charge is 0.297 e. The number of aryl methyl sites for hydroxylation is 1. The molecule has 0 radical (unpaired) electrons. The van der Waals surface area contributed by atoms with Crippen molar-refractivity contribution in [1.82, 2.24) is 4.98 Å². The van der Waals surface area contributed by atoms with Crippen molar-refractivity contribution in [3.63, 3.8) is 0 Å². The van der Waals surface area contributed by atoms with Gasteiger partial charge in [0.2, 0.25) is 0 Å². The van der Waals surface area contributed by atoms with Crippen LogP contribution < -0.4 is 0 Å². The van der Waals surface area contributed by atoms with Crippen LogP contribution >= 0.6 is 11.3 Å². The second kappa shape index (κ2) is 3.72. The lowest BCUT2D eigenvalue weighted by Crippen LogP contribution is -1.83. The SMILES string of the molecule is Cc1ccc(-c2ncsc2C=O)cc1. The molecule has 3 heteroatoms. The Morgan fingerprint density at radius 1 is 1.29 bits per heavy atom. The highest BCUT2D eigenvalue weighted by molar-refractivity contribution is 7.11. The second-order valence-electron chi connectivity index (χ2n) is 3.05. The third kappa shape index (κ3) is 1.59. The Kier molecular flexibility index (Phi) is 2.41. The zero-order valence-electron chi connectivity index (χ0n) is 7.73. The first-order chi connectivity index (χ1) is 6.81. The molecule has 2 rings (SSSR count). The highest BCUT2D eigenvalue weighted by atomic mass is 32.1. The molecule has 70 valence electrons. The smallest absolute Gasteiger partial charge is 0.162 e. The summed E-state index contributed by atoms with van der Waals surface area (Å²) in [5, 5.41) is 0. The number of carbonyl (C=O) groups excluding carboxylic acids is 1. The quantitative estimate of drug-likeness (QED) is 0.702. The molecule has 0 atom stereocenters. The molecule has 14 heavy (non-hydrogen) atoms. The molecule has 1 aromatic carbocycles. The molecule has 0 aliphatic carbocycles. The van der Waals surface area contributed by atoms with Crippen molar-refractivity contribution in [3.8, 4) is 11.3 Å². The van der Waals surface area contributed by atoms with Crippen molar-refractivity contribution >= 4 is 17.6 Å². The molecule has 0 spiro atoms. The average Bonchev–Trinajstić information content (AvgIpc) is 2.67. The van der Waals surface area contributed by atoms with Crippen molar-refractivity contribution in [2.45, 2.75) is 6.92 Å². The molecular formula is C11H9NOS. The van der Waals surface area contributed by atoms with E-state index in [9.17, 15) is 4.79 Å². The van der Waals surface area contributed by atoms with Gasteiger partial charge in [-0.1, -0.05) is 29.8 Å². The van der Waals surface area contributed by atoms with E-state index in [0.29, 0.717) is 4.88 Å². The topological polar surface area (TPSA) is 30.0 Å². The number of benzene rings is 1. The van der Waals surface area contributed by atoms with Gasteiger partial charge >= 0.3 is 0 Å². The predicted molar refractivity (Wildman–Crippen MR) is 57.7 cm³/mol. The highest BCUT2D eigenvalue weighted by Crippen LogP contribution is 2.23. The van der Waals surface area contributed by atoms with E-state index in [1.54, 1.807) is 5.51 Å². The molecule has 2 nitrogen and oxygen atoms in total. The van der Waals surface area contributed by atoms with Gasteiger partial charge in [-0.2, -0.15) is 0 Å². The van der Waals surface area contributed by atoms with Gasteiger partial charge in [0.05, 0.1) is 16.1 Å². The summed E-state index contributed by atoms with van der Waals surface area (Å²) in [6.07, 6.45) is 0.854. The first-order valence-corrected chi connectivity index (χ1v) is 5.15. The van der Waals surface area contributed by atoms with E-state index in [-0.39, 0.29) is 0 Å². The van der Waals surface area contributed by atoms with E-state index in [0.717, 1.165) is 17.5 Å². The Bertz CT molecular complexity index is 445. The summed E-state index contributed by atoms with van der Waals surface area (Å²) in [6, 6.07) is 8.00. The predicted octanol–water partition coefficient (Wildman–Crippen LogP) is 2.93. The van der Waals surface area contributed by atoms with E-state index >= 15 is 0 Å². The molecule has 2 aromatic rings. The fraction of sp³-hybridized carbons (Fsp3) is 0.0909. The maximum absolute atomic E-state index is 10.7. The van der Waals surface area contributed by atoms with Gasteiger partial charge in [0, 0.05) is 5.56 Å². The van der Waals surface area contributed by atoms with Gasteiger partial charge in [0.25, 0.3) is 0 Å². The summed E-state index contributed by atoms with van der Waals surface area (Å²) >= 11 is 1.37. The van der Waals surface area contributed by atoms with Crippen LogP contribution in [0.3, 0.4) is 0 Å². The van der Waals surface area contributed by atoms with E-state index < -0.39 is 0 Å². The van der Waals surface area contributed by atoms with Gasteiger partial charge in [-0.05, 0) is 6.92 Å². The van der Waals surface area contributed by atoms with E-state index in [2.05, 4.69) is 4.98 Å². The van der Waals surface area contributed by atoms with Crippen LogP contribution in [0.15, 0.2) is 29.8 Å². The van der Waals surface area contributed by atoms with Crippen molar-refractivity contribution < 1.29 is 4.79 Å². The Morgan fingerprint density at radius 3 is 2.64 bits per heavy atom. The van der Waals surface area contributed by atoms with Crippen molar-refractivity contribution in [2.75, 3.05) is 0 Å². The van der Waals surface area contributed by atoms with Crippen LogP contribution in [0.5, 0.6) is 0 Å². The van der Waals surface area contributed by atoms with Crippen LogP contribution in [0, 0.1) is 6.92 Å². The highest BCUT2D eigenvalue weighted by Gasteiger charge is 2.06. The second-order valence-corrected chi connectivity index (χ2v) is 3.94. The molecule has 0 aliphatic heterocycles. The zero-order valence-corrected chi connectivity index (χ0v) is 8.54. The van der Waals surface area contributed by atoms with E-state index in [1.165, 1.54) is 16.9 Å². The molecule has 1 heterocycles. The number of aromatic nitrogens is 1. The molecule has 0 saturated carbocycles. The normalized spacial score (nSPS) is 10.1. The van der Waals surface area contributed by atoms with Gasteiger partial charge in [-0.3, -0.25) is 4.79 Å². The van der Waals surface area contributed by atoms with Gasteiger partial charge < -0.3 is 0 Å². The van der Waals surface area contributed by atoms with Gasteiger partial charge in [-0.15, -0.1) is 11.3 Å². The fourth-order valence-corrected chi connectivity index (χ4v) is 1.88. The van der Waals surface area contributed by atoms with Crippen molar-refractivity contribution in [3.05, 3.63) is 40.2 Å². The minimum atomic E-state index is 0.689. The first-order valence-electron chi connectivity index (χ1n) is 4.27. The number of aldehydes is 1. The van der Waals surface area contributed by atoms with Gasteiger partial charge in [-0.25, -0.2) is 4.98 Å². The van der Waals surface area contributed by atoms with Crippen LogP contribution in [0.1, 0.15) is 15.2 Å². The maximum Gasteiger partial charge on any atom is 0.162 e. The Morgan fingerprint density at radius 2 is 2.00 bits per heavy atom. The van der Waals surface area contributed by atoms with E-state index in [4.69, 9.17) is 0 Å². The van der Waals surface area contributed by atoms with Crippen LogP contribution in [-0.4, -0.2) is 11.3 Å². The third-order valence-corrected chi connectivity index (χ3v) is 2.78. The number of thiazole rings is 1. The fourth-order valence-electron chi connectivity index (χ4n) is 1.27. The monoisotopic (exact) mass is 203 g/mol. The first kappa shape index (κ1) is 9.09. The lowest BCUT2D eigenvalue weighted by molar-refractivity contribution is 0.112. The standard InChI is InChI=1S/C11H9NOS/c1-8-2-4-9(5-3-8)11-10(6-13)14-7-12-11/h2-7H,1H3. The van der Waals surface area contributed by atoms with Crippen LogP contribution in [0.2, 0.25) is 0 Å². The Balaban J connectivity index is 2.49. The minimum absolute atomic E-state index is 0.689. The van der Waals surface area contributed by atoms with E-state index in [1.807, 2.05) is 31.2 Å². The summed E-state index contributed by atoms with van der Waals surface area (Å²) in [7, 11) is 0. The number of hydrogen-bond acceptors (Lipinski definition) is 3. The van der Waals surface area contributed by atoms with Gasteiger partial charge in [0.15, 0.2) is 6.29 Å². The summed E-state index contributed by atoms with van der Waals surface area (Å²) < 4.78 is 0. The average molecular weight is 203 g/mol. The minimum Gasteiger partial charge on any atom is -0.297 e. The maximum atomic E-state index is 10.7. The summed E-state index contributed by atoms with van der Waals surface area (Å²) in [5.41, 5.74) is 4.68. The third-order valence-electron chi connectivity index (χ3n) is 2.03. The molecule has 0 N–H and O–H groups in total. The number of carbonyl (C=O) groups is 1. The molecule has 0 aliphatic rings. The molecule has 0 fully saturated rings. The molecular weight excluding hydrogens is 194 g/mol. The molecule has 0 bridgehead atoms. The molecule has 1 aromatic heterocycles. The van der Waals surface area contributed by atoms with Crippen LogP contribution in [-0.2, 0) is 0 Å². The van der Waals surface area contributed by atoms with Crippen LogP contribution in [0.4, 0.5) is 0 Å². The van der Waals surface area contributed by atoms with Gasteiger partial charge in [0.1, 0.15) is 0 Å². The number of nitrogens with zero attached hydrogens (tertiary/aromatic N) is 1. The molecule has 0 saturated heterocycles. The lowest BCUT2D eigenvalue weighted by atomic mass is 10.1. The Labute approximate surface area is 86.2 Å². The van der Waals surface area contributed by atoms with Crippen molar-refractivity contribution in [2.24, 2.45) is 0 Å². The molecule has 0 amide bonds. The summed E-state index contributed by atoms with van der Waals surface area (Å²) in [6.45, 7) is 2.03. The number of hydrogen-bond donors (Lipinski definition) is 0. The summed E-state index contributed by atoms with van der Waals surface area (Å²) in [5.74, 6) is 0. The summed E-state index contributed by atoms with van der Waals surface area (Å²) in [4.78, 5) is 15.6.